The number of nitrogens with one attached hydrogen (secondary N) is 2. The van der Waals surface area contributed by atoms with E-state index in [-0.39, 0.29) is 18.2 Å². The Hall–Kier alpha value is -3.16. The molecule has 0 bridgehead atoms. The molecule has 1 amide bonds. The lowest BCUT2D eigenvalue weighted by atomic mass is 9.69. The standard InChI is InChI=1S/C28H36N4O4/c1-15(2)9-18-11-21(12-18)27-25(19-6-7-19)26(32-35-27)20(13-23-30-28(34)36-31-23)14-24(33)29-22-8-5-16(3)10-17(22)4/h5,8,10,15,18-21H,6-7,9,11-14H2,1-4H3,(H,29,33)(H,30,31,34)/t18?,20-,21?/m0/s1. The van der Waals surface area contributed by atoms with Crippen molar-refractivity contribution in [3.63, 3.8) is 0 Å². The fourth-order valence-electron chi connectivity index (χ4n) is 5.73. The Morgan fingerprint density at radius 1 is 1.14 bits per heavy atom. The quantitative estimate of drug-likeness (QED) is 0.373. The lowest BCUT2D eigenvalue weighted by Crippen LogP contribution is -2.24. The molecule has 2 N–H and O–H groups in total. The van der Waals surface area contributed by atoms with Crippen LogP contribution >= 0.6 is 0 Å². The third-order valence-electron chi connectivity index (χ3n) is 7.58. The van der Waals surface area contributed by atoms with Gasteiger partial charge in [-0.05, 0) is 75.3 Å². The monoisotopic (exact) mass is 492 g/mol. The second-order valence-electron chi connectivity index (χ2n) is 11.3. The second kappa shape index (κ2) is 10.1. The minimum absolute atomic E-state index is 0.107. The summed E-state index contributed by atoms with van der Waals surface area (Å²) < 4.78 is 10.7. The highest BCUT2D eigenvalue weighted by Crippen LogP contribution is 2.52. The van der Waals surface area contributed by atoms with Crippen molar-refractivity contribution in [3.8, 4) is 0 Å². The number of aromatic amines is 1. The third-order valence-corrected chi connectivity index (χ3v) is 7.58. The van der Waals surface area contributed by atoms with Gasteiger partial charge in [-0.2, -0.15) is 0 Å². The number of aromatic nitrogens is 3. The fraction of sp³-hybridized carbons (Fsp3) is 0.571. The first-order chi connectivity index (χ1) is 17.3. The summed E-state index contributed by atoms with van der Waals surface area (Å²) in [6.45, 7) is 8.57. The first-order valence-electron chi connectivity index (χ1n) is 13.2. The van der Waals surface area contributed by atoms with Gasteiger partial charge in [-0.1, -0.05) is 41.9 Å². The Balaban J connectivity index is 1.39. The van der Waals surface area contributed by atoms with E-state index in [1.807, 2.05) is 32.0 Å². The highest BCUT2D eigenvalue weighted by molar-refractivity contribution is 5.92. The predicted octanol–water partition coefficient (Wildman–Crippen LogP) is 5.74. The van der Waals surface area contributed by atoms with Crippen LogP contribution in [-0.4, -0.2) is 21.2 Å². The number of nitrogens with zero attached hydrogens (tertiary/aromatic N) is 2. The van der Waals surface area contributed by atoms with Gasteiger partial charge in [-0.25, -0.2) is 4.79 Å². The van der Waals surface area contributed by atoms with Crippen molar-refractivity contribution in [1.29, 1.82) is 0 Å². The van der Waals surface area contributed by atoms with Gasteiger partial charge >= 0.3 is 5.76 Å². The second-order valence-corrected chi connectivity index (χ2v) is 11.3. The average Bonchev–Trinajstić information content (AvgIpc) is 3.40. The zero-order chi connectivity index (χ0) is 25.4. The summed E-state index contributed by atoms with van der Waals surface area (Å²) in [5.74, 6) is 2.73. The molecule has 0 spiro atoms. The van der Waals surface area contributed by atoms with Crippen LogP contribution in [0.15, 0.2) is 32.0 Å². The first kappa shape index (κ1) is 24.5. The van der Waals surface area contributed by atoms with Gasteiger partial charge in [0.25, 0.3) is 0 Å². The van der Waals surface area contributed by atoms with Crippen LogP contribution in [0.4, 0.5) is 5.69 Å². The Bertz CT molecular complexity index is 1280. The zero-order valence-electron chi connectivity index (χ0n) is 21.6. The molecule has 0 saturated heterocycles. The van der Waals surface area contributed by atoms with E-state index in [2.05, 4.69) is 34.5 Å². The molecule has 0 radical (unpaired) electrons. The SMILES string of the molecule is Cc1ccc(NC(=O)C[C@H](Cc2noc(=O)[nH]2)c2noc(C3CC(CC(C)C)C3)c2C2CC2)c(C)c1. The van der Waals surface area contributed by atoms with Crippen molar-refractivity contribution >= 4 is 11.6 Å². The number of benzene rings is 1. The van der Waals surface area contributed by atoms with Gasteiger partial charge in [-0.3, -0.25) is 14.3 Å². The van der Waals surface area contributed by atoms with Crippen LogP contribution in [0.5, 0.6) is 0 Å². The largest absolute Gasteiger partial charge is 0.438 e. The normalized spacial score (nSPS) is 20.4. The van der Waals surface area contributed by atoms with E-state index in [0.717, 1.165) is 59.9 Å². The molecule has 8 nitrogen and oxygen atoms in total. The summed E-state index contributed by atoms with van der Waals surface area (Å²) in [4.78, 5) is 27.4. The number of carbonyl (C=O) groups is 1. The van der Waals surface area contributed by atoms with E-state index in [0.29, 0.717) is 30.0 Å². The van der Waals surface area contributed by atoms with Crippen LogP contribution in [0.25, 0.3) is 0 Å². The minimum atomic E-state index is -0.600. The van der Waals surface area contributed by atoms with E-state index in [9.17, 15) is 9.59 Å². The Morgan fingerprint density at radius 2 is 1.92 bits per heavy atom. The maximum atomic E-state index is 13.2. The minimum Gasteiger partial charge on any atom is -0.361 e. The van der Waals surface area contributed by atoms with Gasteiger partial charge in [0.05, 0.1) is 5.69 Å². The van der Waals surface area contributed by atoms with Crippen molar-refractivity contribution in [1.82, 2.24) is 15.3 Å². The summed E-state index contributed by atoms with van der Waals surface area (Å²) in [6, 6.07) is 5.97. The van der Waals surface area contributed by atoms with Crippen LogP contribution in [-0.2, 0) is 11.2 Å². The van der Waals surface area contributed by atoms with E-state index in [1.165, 1.54) is 12.0 Å². The van der Waals surface area contributed by atoms with Crippen LogP contribution < -0.4 is 11.1 Å². The molecule has 1 aromatic carbocycles. The van der Waals surface area contributed by atoms with Crippen molar-refractivity contribution in [2.24, 2.45) is 11.8 Å². The maximum absolute atomic E-state index is 13.2. The summed E-state index contributed by atoms with van der Waals surface area (Å²) >= 11 is 0. The lowest BCUT2D eigenvalue weighted by Gasteiger charge is -2.35. The number of rotatable bonds is 10. The molecule has 192 valence electrons. The van der Waals surface area contributed by atoms with Crippen LogP contribution in [0.3, 0.4) is 0 Å². The number of hydrogen-bond donors (Lipinski definition) is 2. The third kappa shape index (κ3) is 5.47. The molecule has 5 rings (SSSR count). The Labute approximate surface area is 211 Å². The van der Waals surface area contributed by atoms with Gasteiger partial charge in [0, 0.05) is 35.9 Å². The molecule has 2 saturated carbocycles. The van der Waals surface area contributed by atoms with Crippen molar-refractivity contribution < 1.29 is 13.8 Å². The molecule has 36 heavy (non-hydrogen) atoms. The molecular formula is C28H36N4O4. The zero-order valence-corrected chi connectivity index (χ0v) is 21.6. The predicted molar refractivity (Wildman–Crippen MR) is 136 cm³/mol. The number of amides is 1. The summed E-state index contributed by atoms with van der Waals surface area (Å²) in [5, 5.41) is 11.5. The van der Waals surface area contributed by atoms with E-state index < -0.39 is 5.76 Å². The van der Waals surface area contributed by atoms with Gasteiger partial charge in [0.1, 0.15) is 5.76 Å². The Kier molecular flexibility index (Phi) is 6.86. The van der Waals surface area contributed by atoms with Crippen LogP contribution in [0, 0.1) is 25.7 Å². The summed E-state index contributed by atoms with van der Waals surface area (Å²) in [6.07, 6.45) is 6.31. The first-order valence-corrected chi connectivity index (χ1v) is 13.2. The highest BCUT2D eigenvalue weighted by Gasteiger charge is 2.41. The van der Waals surface area contributed by atoms with E-state index in [4.69, 9.17) is 9.05 Å². The molecule has 2 aromatic heterocycles. The molecule has 8 heteroatoms. The number of aryl methyl sites for hydroxylation is 2. The van der Waals surface area contributed by atoms with Crippen molar-refractivity contribution in [2.75, 3.05) is 5.32 Å². The number of hydrogen-bond acceptors (Lipinski definition) is 6. The Morgan fingerprint density at radius 3 is 2.56 bits per heavy atom. The molecule has 0 unspecified atom stereocenters. The van der Waals surface area contributed by atoms with Crippen LogP contribution in [0.2, 0.25) is 0 Å². The van der Waals surface area contributed by atoms with Crippen LogP contribution in [0.1, 0.15) is 104 Å². The molecule has 2 aliphatic carbocycles. The molecule has 0 aliphatic heterocycles. The van der Waals surface area contributed by atoms with Crippen molar-refractivity contribution in [3.05, 3.63) is 62.7 Å². The molecule has 1 atom stereocenters. The van der Waals surface area contributed by atoms with E-state index >= 15 is 0 Å². The molecular weight excluding hydrogens is 456 g/mol. The summed E-state index contributed by atoms with van der Waals surface area (Å²) in [5.41, 5.74) is 4.99. The smallest absolute Gasteiger partial charge is 0.361 e. The topological polar surface area (TPSA) is 114 Å². The number of H-pyrrole nitrogens is 1. The van der Waals surface area contributed by atoms with Crippen molar-refractivity contribution in [2.45, 2.75) is 90.4 Å². The molecule has 3 aromatic rings. The number of carbonyl (C=O) groups excluding carboxylic acids is 1. The molecule has 2 heterocycles. The summed E-state index contributed by atoms with van der Waals surface area (Å²) in [7, 11) is 0. The average molecular weight is 493 g/mol. The molecule has 2 aliphatic rings. The lowest BCUT2D eigenvalue weighted by molar-refractivity contribution is -0.116. The highest BCUT2D eigenvalue weighted by atomic mass is 16.5. The molecule has 2 fully saturated rings. The van der Waals surface area contributed by atoms with Gasteiger partial charge < -0.3 is 9.84 Å². The van der Waals surface area contributed by atoms with Gasteiger partial charge in [0.2, 0.25) is 5.91 Å². The van der Waals surface area contributed by atoms with Gasteiger partial charge in [-0.15, -0.1) is 0 Å². The van der Waals surface area contributed by atoms with Gasteiger partial charge in [0.15, 0.2) is 5.82 Å². The van der Waals surface area contributed by atoms with E-state index in [1.54, 1.807) is 0 Å². The fourth-order valence-corrected chi connectivity index (χ4v) is 5.73. The number of anilines is 1. The maximum Gasteiger partial charge on any atom is 0.438 e.